The predicted octanol–water partition coefficient (Wildman–Crippen LogP) is 4.06. The molecule has 23 heavy (non-hydrogen) atoms. The second kappa shape index (κ2) is 6.80. The van der Waals surface area contributed by atoms with Gasteiger partial charge >= 0.3 is 11.9 Å². The molecule has 0 aliphatic carbocycles. The number of halogens is 2. The van der Waals surface area contributed by atoms with Crippen LogP contribution in [0, 0.1) is 3.57 Å². The lowest BCUT2D eigenvalue weighted by Gasteiger charge is -2.29. The first-order valence-corrected chi connectivity index (χ1v) is 8.80. The van der Waals surface area contributed by atoms with Crippen LogP contribution in [0.2, 0.25) is 0 Å². The Morgan fingerprint density at radius 1 is 1.22 bits per heavy atom. The quantitative estimate of drug-likeness (QED) is 0.274. The number of cyclic esters (lactones) is 2. The zero-order valence-corrected chi connectivity index (χ0v) is 16.9. The van der Waals surface area contributed by atoms with Gasteiger partial charge in [-0.2, -0.15) is 0 Å². The summed E-state index contributed by atoms with van der Waals surface area (Å²) in [5.41, 5.74) is 0.438. The molecule has 1 aromatic rings. The van der Waals surface area contributed by atoms with Crippen LogP contribution < -0.4 is 4.74 Å². The van der Waals surface area contributed by atoms with E-state index in [9.17, 15) is 9.59 Å². The van der Waals surface area contributed by atoms with Gasteiger partial charge in [-0.1, -0.05) is 15.9 Å². The van der Waals surface area contributed by atoms with Gasteiger partial charge in [0.05, 0.1) is 9.67 Å². The Hall–Kier alpha value is -1.09. The Labute approximate surface area is 156 Å². The first-order chi connectivity index (χ1) is 10.6. The number of hydrogen-bond donors (Lipinski definition) is 0. The van der Waals surface area contributed by atoms with Crippen LogP contribution in [0.1, 0.15) is 33.3 Å². The lowest BCUT2D eigenvalue weighted by Crippen LogP contribution is -2.41. The fourth-order valence-electron chi connectivity index (χ4n) is 1.98. The van der Waals surface area contributed by atoms with Crippen molar-refractivity contribution in [3.63, 3.8) is 0 Å². The van der Waals surface area contributed by atoms with E-state index in [1.807, 2.05) is 19.9 Å². The van der Waals surface area contributed by atoms with Gasteiger partial charge in [0.25, 0.3) is 5.79 Å². The Morgan fingerprint density at radius 2 is 1.78 bits per heavy atom. The van der Waals surface area contributed by atoms with Crippen molar-refractivity contribution in [2.75, 3.05) is 0 Å². The molecule has 0 spiro atoms. The minimum Gasteiger partial charge on any atom is -0.489 e. The lowest BCUT2D eigenvalue weighted by molar-refractivity contribution is -0.222. The molecule has 7 heteroatoms. The summed E-state index contributed by atoms with van der Waals surface area (Å²) in [5, 5.41) is 0. The molecule has 0 saturated carbocycles. The highest BCUT2D eigenvalue weighted by Gasteiger charge is 2.39. The Bertz CT molecular complexity index is 672. The Morgan fingerprint density at radius 3 is 2.30 bits per heavy atom. The van der Waals surface area contributed by atoms with Gasteiger partial charge in [-0.25, -0.2) is 9.59 Å². The maximum Gasteiger partial charge on any atom is 0.348 e. The van der Waals surface area contributed by atoms with Gasteiger partial charge in [0.15, 0.2) is 0 Å². The molecule has 124 valence electrons. The number of esters is 2. The molecule has 0 atom stereocenters. The molecule has 0 bridgehead atoms. The van der Waals surface area contributed by atoms with E-state index in [0.29, 0.717) is 11.3 Å². The van der Waals surface area contributed by atoms with Crippen molar-refractivity contribution in [1.82, 2.24) is 0 Å². The van der Waals surface area contributed by atoms with Crippen molar-refractivity contribution >= 4 is 56.5 Å². The van der Waals surface area contributed by atoms with E-state index < -0.39 is 17.7 Å². The second-order valence-corrected chi connectivity index (χ2v) is 7.79. The van der Waals surface area contributed by atoms with Gasteiger partial charge in [-0.15, -0.1) is 0 Å². The predicted molar refractivity (Wildman–Crippen MR) is 96.9 cm³/mol. The first-order valence-electron chi connectivity index (χ1n) is 6.93. The molecule has 2 rings (SSSR count). The third-order valence-electron chi connectivity index (χ3n) is 2.81. The van der Waals surface area contributed by atoms with E-state index in [2.05, 4.69) is 38.5 Å². The molecule has 0 radical (unpaired) electrons. The van der Waals surface area contributed by atoms with Crippen molar-refractivity contribution < 1.29 is 23.8 Å². The van der Waals surface area contributed by atoms with Crippen LogP contribution in [-0.4, -0.2) is 23.8 Å². The zero-order chi connectivity index (χ0) is 17.4. The number of hydrogen-bond acceptors (Lipinski definition) is 5. The molecule has 1 saturated heterocycles. The zero-order valence-electron chi connectivity index (χ0n) is 13.1. The Balaban J connectivity index is 2.50. The van der Waals surface area contributed by atoms with Gasteiger partial charge in [0, 0.05) is 23.9 Å². The smallest absolute Gasteiger partial charge is 0.348 e. The molecule has 1 heterocycles. The SMILES string of the molecule is CC(C)Oc1c(I)cc(Br)cc1C=C1C(=O)OC(C)(C)OC1=O. The number of benzene rings is 1. The molecule has 0 unspecified atom stereocenters. The van der Waals surface area contributed by atoms with Gasteiger partial charge in [0.2, 0.25) is 0 Å². The van der Waals surface area contributed by atoms with E-state index in [1.54, 1.807) is 6.07 Å². The molecule has 1 aromatic carbocycles. The van der Waals surface area contributed by atoms with Crippen molar-refractivity contribution in [3.05, 3.63) is 31.3 Å². The summed E-state index contributed by atoms with van der Waals surface area (Å²) in [6, 6.07) is 3.66. The largest absolute Gasteiger partial charge is 0.489 e. The van der Waals surface area contributed by atoms with Crippen LogP contribution in [0.4, 0.5) is 0 Å². The minimum absolute atomic E-state index is 0.0500. The molecule has 1 aliphatic heterocycles. The highest BCUT2D eigenvalue weighted by molar-refractivity contribution is 14.1. The fourth-order valence-corrected chi connectivity index (χ4v) is 3.66. The summed E-state index contributed by atoms with van der Waals surface area (Å²) in [4.78, 5) is 24.2. The summed E-state index contributed by atoms with van der Waals surface area (Å²) >= 11 is 5.54. The Kier molecular flexibility index (Phi) is 5.40. The molecule has 1 fully saturated rings. The maximum atomic E-state index is 12.1. The summed E-state index contributed by atoms with van der Waals surface area (Å²) in [6.07, 6.45) is 1.39. The van der Waals surface area contributed by atoms with E-state index in [0.717, 1.165) is 8.04 Å². The van der Waals surface area contributed by atoms with Gasteiger partial charge < -0.3 is 14.2 Å². The van der Waals surface area contributed by atoms with Crippen LogP contribution in [0.3, 0.4) is 0 Å². The summed E-state index contributed by atoms with van der Waals surface area (Å²) in [6.45, 7) is 6.82. The van der Waals surface area contributed by atoms with Crippen LogP contribution in [-0.2, 0) is 19.1 Å². The van der Waals surface area contributed by atoms with Gasteiger partial charge in [-0.05, 0) is 54.6 Å². The number of rotatable bonds is 3. The van der Waals surface area contributed by atoms with Crippen molar-refractivity contribution in [2.24, 2.45) is 0 Å². The minimum atomic E-state index is -1.26. The van der Waals surface area contributed by atoms with Crippen LogP contribution in [0.25, 0.3) is 6.08 Å². The standard InChI is InChI=1S/C16H16BrIO5/c1-8(2)21-13-9(5-10(17)7-12(13)18)6-11-14(19)22-16(3,4)23-15(11)20/h5-8H,1-4H3. The van der Waals surface area contributed by atoms with E-state index >= 15 is 0 Å². The molecule has 0 aromatic heterocycles. The molecule has 5 nitrogen and oxygen atoms in total. The lowest BCUT2D eigenvalue weighted by atomic mass is 10.1. The summed E-state index contributed by atoms with van der Waals surface area (Å²) < 4.78 is 17.7. The van der Waals surface area contributed by atoms with Crippen LogP contribution in [0.5, 0.6) is 5.75 Å². The molecule has 0 amide bonds. The second-order valence-electron chi connectivity index (χ2n) is 5.71. The van der Waals surface area contributed by atoms with E-state index in [-0.39, 0.29) is 11.7 Å². The van der Waals surface area contributed by atoms with Gasteiger partial charge in [-0.3, -0.25) is 0 Å². The average molecular weight is 495 g/mol. The first kappa shape index (κ1) is 18.3. The molecule has 1 aliphatic rings. The fraction of sp³-hybridized carbons (Fsp3) is 0.375. The van der Waals surface area contributed by atoms with Crippen molar-refractivity contribution in [1.29, 1.82) is 0 Å². The van der Waals surface area contributed by atoms with Crippen molar-refractivity contribution in [2.45, 2.75) is 39.6 Å². The average Bonchev–Trinajstić information content (AvgIpc) is 2.36. The van der Waals surface area contributed by atoms with Crippen LogP contribution in [0.15, 0.2) is 22.2 Å². The number of ether oxygens (including phenoxy) is 3. The highest BCUT2D eigenvalue weighted by Crippen LogP contribution is 2.33. The summed E-state index contributed by atoms with van der Waals surface area (Å²) in [5.74, 6) is -2.08. The maximum absolute atomic E-state index is 12.1. The summed E-state index contributed by atoms with van der Waals surface area (Å²) in [7, 11) is 0. The molecular weight excluding hydrogens is 479 g/mol. The van der Waals surface area contributed by atoms with E-state index in [1.165, 1.54) is 19.9 Å². The number of carbonyl (C=O) groups is 2. The van der Waals surface area contributed by atoms with Crippen molar-refractivity contribution in [3.8, 4) is 5.75 Å². The van der Waals surface area contributed by atoms with Gasteiger partial charge in [0.1, 0.15) is 11.3 Å². The normalized spacial score (nSPS) is 16.9. The topological polar surface area (TPSA) is 61.8 Å². The monoisotopic (exact) mass is 494 g/mol. The third-order valence-corrected chi connectivity index (χ3v) is 4.07. The highest BCUT2D eigenvalue weighted by atomic mass is 127. The molecule has 0 N–H and O–H groups in total. The number of carbonyl (C=O) groups excluding carboxylic acids is 2. The molecular formula is C16H16BrIO5. The third kappa shape index (κ3) is 4.47. The van der Waals surface area contributed by atoms with E-state index in [4.69, 9.17) is 14.2 Å². The van der Waals surface area contributed by atoms with Crippen LogP contribution >= 0.6 is 38.5 Å².